The summed E-state index contributed by atoms with van der Waals surface area (Å²) in [4.78, 5) is 8.10. The van der Waals surface area contributed by atoms with Crippen molar-refractivity contribution < 1.29 is 0 Å². The van der Waals surface area contributed by atoms with E-state index >= 15 is 0 Å². The van der Waals surface area contributed by atoms with Crippen LogP contribution in [0.4, 0.5) is 17.1 Å². The Kier molecular flexibility index (Phi) is 9.27. The van der Waals surface area contributed by atoms with Crippen LogP contribution in [0, 0.1) is 0 Å². The van der Waals surface area contributed by atoms with Gasteiger partial charge in [-0.05, 0) is 127 Å². The van der Waals surface area contributed by atoms with Crippen LogP contribution in [0.3, 0.4) is 0 Å². The molecule has 0 saturated carbocycles. The lowest BCUT2D eigenvalue weighted by molar-refractivity contribution is 0.660. The quantitative estimate of drug-likeness (QED) is 0.149. The van der Waals surface area contributed by atoms with Crippen molar-refractivity contribution in [3.05, 3.63) is 300 Å². The maximum absolute atomic E-state index is 5.58. The van der Waals surface area contributed by atoms with Crippen LogP contribution >= 0.6 is 0 Å². The Morgan fingerprint density at radius 1 is 0.390 bits per heavy atom. The van der Waals surface area contributed by atoms with Crippen molar-refractivity contribution in [3.63, 3.8) is 0 Å². The summed E-state index contributed by atoms with van der Waals surface area (Å²) in [6, 6.07) is 98.7. The third-order valence-electron chi connectivity index (χ3n) is 17.2. The molecule has 14 aromatic rings. The fourth-order valence-corrected chi connectivity index (χ4v) is 13.8. The minimum atomic E-state index is -0.536. The van der Waals surface area contributed by atoms with E-state index in [2.05, 4.69) is 295 Å². The Balaban J connectivity index is 0.906. The molecule has 362 valence electrons. The molecule has 0 saturated heterocycles. The zero-order chi connectivity index (χ0) is 51.0. The van der Waals surface area contributed by atoms with Crippen LogP contribution in [0.1, 0.15) is 47.2 Å². The second-order valence-electron chi connectivity index (χ2n) is 21.4. The summed E-state index contributed by atoms with van der Waals surface area (Å²) >= 11 is 0. The normalized spacial score (nSPS) is 13.8. The SMILES string of the molecule is CC1(C)c2ccccc2-c2ccc(N(c3ccc(-c4ccc5c(c4)c4nc6c7ccccc7c7ccccc7n6c4n5-c4ccccc4)cc3)c3cccc4c3-c3ccccc3C4(c3ccccc3)c3ccccc3)cc21. The molecular formula is C73H50N4. The number of benzene rings is 11. The van der Waals surface area contributed by atoms with Gasteiger partial charge in [-0.3, -0.25) is 8.97 Å². The summed E-state index contributed by atoms with van der Waals surface area (Å²) in [5.74, 6) is 0. The van der Waals surface area contributed by atoms with Crippen LogP contribution in [0.25, 0.3) is 88.5 Å². The van der Waals surface area contributed by atoms with Crippen molar-refractivity contribution >= 4 is 66.5 Å². The van der Waals surface area contributed by atoms with Gasteiger partial charge in [-0.2, -0.15) is 0 Å². The molecule has 0 radical (unpaired) electrons. The highest BCUT2D eigenvalue weighted by atomic mass is 15.2. The highest BCUT2D eigenvalue weighted by Gasteiger charge is 2.47. The molecule has 3 aromatic heterocycles. The number of anilines is 3. The van der Waals surface area contributed by atoms with E-state index < -0.39 is 5.41 Å². The Hall–Kier alpha value is -9.77. The predicted octanol–water partition coefficient (Wildman–Crippen LogP) is 18.5. The van der Waals surface area contributed by atoms with Crippen molar-refractivity contribution in [1.82, 2.24) is 14.0 Å². The molecule has 4 nitrogen and oxygen atoms in total. The standard InChI is InChI=1S/C73H50N4/c1-72(2)61-32-17-14-28-55(61)56-43-42-53(46-64(56)72)75(67-36-20-34-63-68(67)59-31-15-18-33-62(59)73(63,49-21-6-3-7-22-49)50-23-8-4-9-24-50)52-40-37-47(38-41-52)48-39-44-66-60(45-48)69-71(76(66)51-25-10-5-11-26-51)77-65-35-19-16-29-57(65)54-27-12-13-30-58(54)70(77)74-69/h3-46H,1-2H3. The topological polar surface area (TPSA) is 25.5 Å². The zero-order valence-corrected chi connectivity index (χ0v) is 42.7. The van der Waals surface area contributed by atoms with Crippen LogP contribution in [-0.4, -0.2) is 14.0 Å². The van der Waals surface area contributed by atoms with Gasteiger partial charge in [-0.15, -0.1) is 0 Å². The van der Waals surface area contributed by atoms with Crippen molar-refractivity contribution in [2.75, 3.05) is 4.90 Å². The summed E-state index contributed by atoms with van der Waals surface area (Å²) in [6.45, 7) is 4.75. The number of aromatic nitrogens is 3. The Bertz CT molecular complexity index is 4660. The molecule has 11 aromatic carbocycles. The van der Waals surface area contributed by atoms with E-state index in [1.165, 1.54) is 66.4 Å². The first kappa shape index (κ1) is 43.6. The molecule has 4 heteroatoms. The van der Waals surface area contributed by atoms with Gasteiger partial charge >= 0.3 is 0 Å². The van der Waals surface area contributed by atoms with E-state index in [4.69, 9.17) is 4.98 Å². The van der Waals surface area contributed by atoms with Gasteiger partial charge in [0.25, 0.3) is 0 Å². The number of para-hydroxylation sites is 2. The van der Waals surface area contributed by atoms with Crippen LogP contribution in [0.2, 0.25) is 0 Å². The predicted molar refractivity (Wildman–Crippen MR) is 320 cm³/mol. The van der Waals surface area contributed by atoms with Gasteiger partial charge < -0.3 is 4.90 Å². The van der Waals surface area contributed by atoms with Gasteiger partial charge in [-0.1, -0.05) is 220 Å². The van der Waals surface area contributed by atoms with Crippen molar-refractivity contribution in [3.8, 4) is 39.1 Å². The molecule has 0 spiro atoms. The fourth-order valence-electron chi connectivity index (χ4n) is 13.8. The summed E-state index contributed by atoms with van der Waals surface area (Å²) in [5.41, 5.74) is 24.2. The average Bonchev–Trinajstić information content (AvgIpc) is 4.37. The van der Waals surface area contributed by atoms with Crippen LogP contribution in [-0.2, 0) is 10.8 Å². The van der Waals surface area contributed by atoms with Crippen LogP contribution in [0.5, 0.6) is 0 Å². The molecule has 77 heavy (non-hydrogen) atoms. The van der Waals surface area contributed by atoms with Crippen molar-refractivity contribution in [2.24, 2.45) is 0 Å². The largest absolute Gasteiger partial charge is 0.310 e. The maximum atomic E-state index is 5.58. The van der Waals surface area contributed by atoms with Gasteiger partial charge in [0.05, 0.1) is 22.1 Å². The van der Waals surface area contributed by atoms with Gasteiger partial charge in [0.2, 0.25) is 0 Å². The Labute approximate surface area is 447 Å². The second-order valence-corrected chi connectivity index (χ2v) is 21.4. The summed E-state index contributed by atoms with van der Waals surface area (Å²) < 4.78 is 4.78. The summed E-state index contributed by atoms with van der Waals surface area (Å²) in [5, 5.41) is 4.67. The fraction of sp³-hybridized carbons (Fsp3) is 0.0548. The number of fused-ring (bicyclic) bond motifs is 16. The summed E-state index contributed by atoms with van der Waals surface area (Å²) in [7, 11) is 0. The van der Waals surface area contributed by atoms with Crippen molar-refractivity contribution in [1.29, 1.82) is 0 Å². The van der Waals surface area contributed by atoms with Gasteiger partial charge in [-0.25, -0.2) is 4.98 Å². The Morgan fingerprint density at radius 2 is 0.974 bits per heavy atom. The molecular weight excluding hydrogens is 933 g/mol. The molecule has 2 aliphatic rings. The van der Waals surface area contributed by atoms with Crippen LogP contribution in [0.15, 0.2) is 267 Å². The molecule has 0 bridgehead atoms. The lowest BCUT2D eigenvalue weighted by Crippen LogP contribution is -2.28. The molecule has 3 heterocycles. The number of nitrogens with zero attached hydrogens (tertiary/aromatic N) is 4. The third-order valence-corrected chi connectivity index (χ3v) is 17.2. The average molecular weight is 983 g/mol. The van der Waals surface area contributed by atoms with Gasteiger partial charge in [0, 0.05) is 44.2 Å². The first-order valence-corrected chi connectivity index (χ1v) is 26.8. The van der Waals surface area contributed by atoms with E-state index in [1.807, 2.05) is 0 Å². The minimum Gasteiger partial charge on any atom is -0.310 e. The molecule has 0 aliphatic heterocycles. The lowest BCUT2D eigenvalue weighted by Gasteiger charge is -2.34. The number of hydrogen-bond donors (Lipinski definition) is 0. The molecule has 0 amide bonds. The van der Waals surface area contributed by atoms with E-state index in [0.717, 1.165) is 72.5 Å². The molecule has 0 fully saturated rings. The van der Waals surface area contributed by atoms with E-state index in [9.17, 15) is 0 Å². The lowest BCUT2D eigenvalue weighted by atomic mass is 9.68. The Morgan fingerprint density at radius 3 is 1.73 bits per heavy atom. The zero-order valence-electron chi connectivity index (χ0n) is 42.7. The molecule has 0 unspecified atom stereocenters. The number of pyridine rings is 1. The minimum absolute atomic E-state index is 0.177. The smallest absolute Gasteiger partial charge is 0.151 e. The van der Waals surface area contributed by atoms with Crippen molar-refractivity contribution in [2.45, 2.75) is 24.7 Å². The van der Waals surface area contributed by atoms with Gasteiger partial charge in [0.1, 0.15) is 11.2 Å². The summed E-state index contributed by atoms with van der Waals surface area (Å²) in [6.07, 6.45) is 0. The molecule has 2 aliphatic carbocycles. The maximum Gasteiger partial charge on any atom is 0.151 e. The monoisotopic (exact) mass is 982 g/mol. The first-order chi connectivity index (χ1) is 38.0. The second kappa shape index (κ2) is 16.4. The number of rotatable bonds is 7. The van der Waals surface area contributed by atoms with E-state index in [-0.39, 0.29) is 5.41 Å². The van der Waals surface area contributed by atoms with E-state index in [1.54, 1.807) is 0 Å². The molecule has 16 rings (SSSR count). The molecule has 0 atom stereocenters. The van der Waals surface area contributed by atoms with Gasteiger partial charge in [0.15, 0.2) is 5.65 Å². The number of imidazole rings is 1. The number of hydrogen-bond acceptors (Lipinski definition) is 2. The molecule has 0 N–H and O–H groups in total. The highest BCUT2D eigenvalue weighted by molar-refractivity contribution is 6.17. The highest BCUT2D eigenvalue weighted by Crippen LogP contribution is 2.60. The first-order valence-electron chi connectivity index (χ1n) is 26.8. The van der Waals surface area contributed by atoms with E-state index in [0.29, 0.717) is 0 Å². The van der Waals surface area contributed by atoms with Crippen LogP contribution < -0.4 is 4.90 Å². The third kappa shape index (κ3) is 6.07.